The van der Waals surface area contributed by atoms with E-state index in [1.165, 1.54) is 11.1 Å². The predicted octanol–water partition coefficient (Wildman–Crippen LogP) is 7.26. The topological polar surface area (TPSA) is 0 Å². The van der Waals surface area contributed by atoms with Crippen LogP contribution >= 0.6 is 24.8 Å². The summed E-state index contributed by atoms with van der Waals surface area (Å²) in [7, 11) is 0. The fraction of sp³-hybridized carbons (Fsp3) is 0.333. The second-order valence-corrected chi connectivity index (χ2v) is 38.0. The van der Waals surface area contributed by atoms with Gasteiger partial charge < -0.3 is 0 Å². The smallest absolute Gasteiger partial charge is 0.147 e. The third kappa shape index (κ3) is 3.20. The van der Waals surface area contributed by atoms with Crippen LogP contribution in [0.3, 0.4) is 0 Å². The van der Waals surface area contributed by atoms with Gasteiger partial charge in [0.1, 0.15) is 0 Å². The SMILES string of the molecule is CC1=Cc2ccccc2[CH]1[Zr]([CH3])(=[SiH2])([CH](C)C)[CH]1C(C)=Cc2ccccc21.Cl.Cl. The van der Waals surface area contributed by atoms with Gasteiger partial charge in [-0.25, -0.2) is 0 Å². The standard InChI is InChI=1S/2C10H9.C3H7.CH3.2ClH.H2Si.Zr/c2*1-8-6-9-4-2-3-5-10(9)7-8;1-3-2;;;;;/h2*2-7H,1H3;3H,1-2H3;1H3;2*1H;1H2;. The minimum atomic E-state index is -3.36. The summed E-state index contributed by atoms with van der Waals surface area (Å²) in [5.41, 5.74) is 9.30. The Hall–Kier alpha value is -0.400. The zero-order valence-corrected chi connectivity index (χ0v) is 23.0. The summed E-state index contributed by atoms with van der Waals surface area (Å²) in [6, 6.07) is 18.3. The van der Waals surface area contributed by atoms with Gasteiger partial charge in [-0.2, -0.15) is 0 Å². The van der Waals surface area contributed by atoms with Crippen molar-refractivity contribution in [2.75, 3.05) is 0 Å². The van der Waals surface area contributed by atoms with E-state index < -0.39 is 17.4 Å². The Kier molecular flexibility index (Phi) is 6.84. The zero-order valence-electron chi connectivity index (χ0n) is 17.5. The van der Waals surface area contributed by atoms with Gasteiger partial charge in [0.05, 0.1) is 0 Å². The normalized spacial score (nSPS) is 20.5. The summed E-state index contributed by atoms with van der Waals surface area (Å²) in [5.74, 6) is 0. The molecule has 2 aromatic rings. The molecule has 2 unspecified atom stereocenters. The van der Waals surface area contributed by atoms with Gasteiger partial charge in [-0.05, 0) is 0 Å². The monoisotopic (exact) mass is 508 g/mol. The van der Waals surface area contributed by atoms with Crippen LogP contribution in [-0.2, 0) is 17.4 Å². The molecule has 2 aliphatic carbocycles. The second-order valence-electron chi connectivity index (χ2n) is 9.39. The first kappa shape index (κ1) is 23.9. The van der Waals surface area contributed by atoms with Crippen LogP contribution in [0.15, 0.2) is 59.7 Å². The largest absolute Gasteiger partial charge is 0.147 e. The summed E-state index contributed by atoms with van der Waals surface area (Å²) < 4.78 is 4.79. The Balaban J connectivity index is 0.00000140. The molecular weight excluding hydrogens is 478 g/mol. The third-order valence-electron chi connectivity index (χ3n) is 7.60. The van der Waals surface area contributed by atoms with Crippen LogP contribution in [0.2, 0.25) is 8.26 Å². The van der Waals surface area contributed by atoms with Gasteiger partial charge in [-0.15, -0.1) is 24.8 Å². The quantitative estimate of drug-likeness (QED) is 0.381. The Morgan fingerprint density at radius 2 is 1.11 bits per heavy atom. The van der Waals surface area contributed by atoms with Gasteiger partial charge in [-0.3, -0.25) is 0 Å². The van der Waals surface area contributed by atoms with Gasteiger partial charge in [0.25, 0.3) is 0 Å². The number of allylic oxidation sites excluding steroid dienone is 2. The van der Waals surface area contributed by atoms with Crippen molar-refractivity contribution in [2.24, 2.45) is 0 Å². The van der Waals surface area contributed by atoms with E-state index >= 15 is 0 Å². The van der Waals surface area contributed by atoms with Crippen LogP contribution in [0, 0.1) is 0 Å². The Labute approximate surface area is 185 Å². The van der Waals surface area contributed by atoms with Gasteiger partial charge in [0.2, 0.25) is 0 Å². The average molecular weight is 511 g/mol. The van der Waals surface area contributed by atoms with E-state index in [4.69, 9.17) is 0 Å². The van der Waals surface area contributed by atoms with Crippen LogP contribution in [0.4, 0.5) is 0 Å². The molecule has 2 aromatic carbocycles. The zero-order chi connectivity index (χ0) is 18.7. The van der Waals surface area contributed by atoms with Crippen molar-refractivity contribution < 1.29 is 17.4 Å². The van der Waals surface area contributed by atoms with Gasteiger partial charge >= 0.3 is 162 Å². The summed E-state index contributed by atoms with van der Waals surface area (Å²) in [5, 5.41) is 0. The van der Waals surface area contributed by atoms with E-state index in [1.807, 2.05) is 0 Å². The summed E-state index contributed by atoms with van der Waals surface area (Å²) >= 11 is -3.36. The molecule has 0 amide bonds. The fourth-order valence-corrected chi connectivity index (χ4v) is 29.0. The maximum atomic E-state index is 2.76. The molecule has 0 spiro atoms. The van der Waals surface area contributed by atoms with E-state index in [2.05, 4.69) is 99.9 Å². The van der Waals surface area contributed by atoms with E-state index in [9.17, 15) is 0 Å². The molecule has 0 aromatic heterocycles. The minimum absolute atomic E-state index is 0. The molecule has 4 rings (SSSR count). The first-order valence-corrected chi connectivity index (χ1v) is 22.5. The molecule has 0 aliphatic heterocycles. The van der Waals surface area contributed by atoms with E-state index in [0.29, 0.717) is 7.25 Å². The fourth-order valence-electron chi connectivity index (χ4n) is 5.98. The van der Waals surface area contributed by atoms with Crippen LogP contribution in [0.5, 0.6) is 0 Å². The first-order valence-electron chi connectivity index (χ1n) is 9.84. The van der Waals surface area contributed by atoms with Crippen molar-refractivity contribution in [3.05, 3.63) is 81.9 Å². The second kappa shape index (κ2) is 8.03. The molecule has 0 saturated carbocycles. The van der Waals surface area contributed by atoms with Crippen LogP contribution < -0.4 is 0 Å². The first-order chi connectivity index (χ1) is 12.2. The molecule has 2 aliphatic rings. The van der Waals surface area contributed by atoms with Gasteiger partial charge in [-0.1, -0.05) is 0 Å². The van der Waals surface area contributed by atoms with E-state index in [-0.39, 0.29) is 24.8 Å². The molecule has 0 heterocycles. The number of hydrogen-bond donors (Lipinski definition) is 0. The molecular formula is C24H32Cl2SiZr. The molecule has 0 saturated heterocycles. The summed E-state index contributed by atoms with van der Waals surface area (Å²) in [6.45, 7) is 12.3. The van der Waals surface area contributed by atoms with Crippen molar-refractivity contribution in [3.8, 4) is 0 Å². The maximum absolute atomic E-state index is 3.36. The van der Waals surface area contributed by atoms with Crippen molar-refractivity contribution in [3.63, 3.8) is 0 Å². The number of halogens is 2. The van der Waals surface area contributed by atoms with Crippen molar-refractivity contribution in [1.29, 1.82) is 0 Å². The summed E-state index contributed by atoms with van der Waals surface area (Å²) in [6.07, 6.45) is 4.93. The Bertz CT molecular complexity index is 961. The molecule has 28 heavy (non-hydrogen) atoms. The summed E-state index contributed by atoms with van der Waals surface area (Å²) in [4.78, 5) is 0. The molecule has 4 heteroatoms. The van der Waals surface area contributed by atoms with Gasteiger partial charge in [0.15, 0.2) is 0 Å². The molecule has 150 valence electrons. The van der Waals surface area contributed by atoms with E-state index in [0.717, 1.165) is 3.63 Å². The van der Waals surface area contributed by atoms with E-state index in [1.54, 1.807) is 22.3 Å². The number of benzene rings is 2. The predicted molar refractivity (Wildman–Crippen MR) is 130 cm³/mol. The minimum Gasteiger partial charge on any atom is -0.147 e. The molecule has 0 nitrogen and oxygen atoms in total. The molecule has 0 bridgehead atoms. The molecule has 2 atom stereocenters. The average Bonchev–Trinajstić information content (AvgIpc) is 3.10. The molecule has 0 fully saturated rings. The van der Waals surface area contributed by atoms with Crippen molar-refractivity contribution in [2.45, 2.75) is 43.2 Å². The van der Waals surface area contributed by atoms with Crippen molar-refractivity contribution >= 4 is 43.8 Å². The Morgan fingerprint density at radius 1 is 0.750 bits per heavy atom. The van der Waals surface area contributed by atoms with Crippen LogP contribution in [0.25, 0.3) is 12.2 Å². The third-order valence-corrected chi connectivity index (χ3v) is 37.3. The van der Waals surface area contributed by atoms with Gasteiger partial charge in [0, 0.05) is 0 Å². The maximum Gasteiger partial charge on any atom is -0.147 e. The van der Waals surface area contributed by atoms with Crippen LogP contribution in [-0.4, -0.2) is 6.88 Å². The Morgan fingerprint density at radius 3 is 1.46 bits per heavy atom. The number of fused-ring (bicyclic) bond motifs is 2. The molecule has 0 radical (unpaired) electrons. The number of rotatable bonds is 3. The van der Waals surface area contributed by atoms with Crippen molar-refractivity contribution in [1.82, 2.24) is 0 Å². The molecule has 0 N–H and O–H groups in total. The number of hydrogen-bond acceptors (Lipinski definition) is 0. The van der Waals surface area contributed by atoms with Crippen LogP contribution in [0.1, 0.15) is 57.2 Å².